The van der Waals surface area contributed by atoms with Crippen LogP contribution in [0.25, 0.3) is 0 Å². The van der Waals surface area contributed by atoms with Crippen molar-refractivity contribution in [2.75, 3.05) is 6.54 Å². The van der Waals surface area contributed by atoms with Gasteiger partial charge in [-0.15, -0.1) is 22.0 Å². The largest absolute Gasteiger partial charge is 0.424 e. The molecule has 1 aliphatic carbocycles. The maximum Gasteiger partial charge on any atom is 0.230 e. The van der Waals surface area contributed by atoms with E-state index in [1.165, 1.54) is 23.3 Å². The molecule has 20 heavy (non-hydrogen) atoms. The standard InChI is InChI=1S/C15H17N3OS/c1-2-4-12-10(3-1)9-13(20-12)15-18-17-14(19-15)7-8-16-11-5-6-11/h1-4,11,13,16H,5-9H2. The Morgan fingerprint density at radius 2 is 2.15 bits per heavy atom. The van der Waals surface area contributed by atoms with E-state index in [2.05, 4.69) is 39.8 Å². The van der Waals surface area contributed by atoms with E-state index in [1.54, 1.807) is 0 Å². The van der Waals surface area contributed by atoms with Crippen LogP contribution in [-0.2, 0) is 12.8 Å². The second-order valence-corrected chi connectivity index (χ2v) is 6.68. The van der Waals surface area contributed by atoms with Gasteiger partial charge >= 0.3 is 0 Å². The molecule has 104 valence electrons. The molecular formula is C15H17N3OS. The Kier molecular flexibility index (Phi) is 3.24. The minimum absolute atomic E-state index is 0.282. The van der Waals surface area contributed by atoms with E-state index in [0.29, 0.717) is 0 Å². The third-order valence-electron chi connectivity index (χ3n) is 3.75. The second-order valence-electron chi connectivity index (χ2n) is 5.43. The Bertz CT molecular complexity index is 584. The van der Waals surface area contributed by atoms with Gasteiger partial charge in [0.2, 0.25) is 11.8 Å². The van der Waals surface area contributed by atoms with Gasteiger partial charge in [-0.05, 0) is 30.9 Å². The normalized spacial score (nSPS) is 21.1. The maximum absolute atomic E-state index is 5.82. The number of benzene rings is 1. The predicted molar refractivity (Wildman–Crippen MR) is 77.8 cm³/mol. The van der Waals surface area contributed by atoms with Crippen molar-refractivity contribution in [1.29, 1.82) is 0 Å². The van der Waals surface area contributed by atoms with E-state index in [4.69, 9.17) is 4.42 Å². The van der Waals surface area contributed by atoms with E-state index in [9.17, 15) is 0 Å². The van der Waals surface area contributed by atoms with Gasteiger partial charge in [0, 0.05) is 23.9 Å². The SMILES string of the molecule is c1ccc2c(c1)CC(c1nnc(CCNC3CC3)o1)S2. The molecule has 1 fully saturated rings. The summed E-state index contributed by atoms with van der Waals surface area (Å²) in [4.78, 5) is 1.34. The van der Waals surface area contributed by atoms with Crippen LogP contribution < -0.4 is 5.32 Å². The molecule has 2 aliphatic rings. The fourth-order valence-corrected chi connectivity index (χ4v) is 3.71. The van der Waals surface area contributed by atoms with Gasteiger partial charge in [-0.2, -0.15) is 0 Å². The number of hydrogen-bond acceptors (Lipinski definition) is 5. The van der Waals surface area contributed by atoms with Gasteiger partial charge in [0.25, 0.3) is 0 Å². The summed E-state index contributed by atoms with van der Waals surface area (Å²) in [5, 5.41) is 12.1. The zero-order valence-electron chi connectivity index (χ0n) is 11.2. The number of thioether (sulfide) groups is 1. The van der Waals surface area contributed by atoms with Crippen molar-refractivity contribution >= 4 is 11.8 Å². The molecule has 1 aromatic carbocycles. The Balaban J connectivity index is 1.38. The minimum Gasteiger partial charge on any atom is -0.424 e. The number of nitrogens with zero attached hydrogens (tertiary/aromatic N) is 2. The van der Waals surface area contributed by atoms with Crippen molar-refractivity contribution in [3.05, 3.63) is 41.6 Å². The Morgan fingerprint density at radius 1 is 1.25 bits per heavy atom. The van der Waals surface area contributed by atoms with E-state index in [0.717, 1.165) is 37.2 Å². The predicted octanol–water partition coefficient (Wildman–Crippen LogP) is 2.75. The lowest BCUT2D eigenvalue weighted by Crippen LogP contribution is -2.19. The zero-order valence-corrected chi connectivity index (χ0v) is 12.0. The van der Waals surface area contributed by atoms with Crippen molar-refractivity contribution in [2.45, 2.75) is 41.9 Å². The molecule has 1 unspecified atom stereocenters. The lowest BCUT2D eigenvalue weighted by atomic mass is 10.1. The summed E-state index contributed by atoms with van der Waals surface area (Å²) in [6, 6.07) is 9.25. The van der Waals surface area contributed by atoms with Gasteiger partial charge in [0.15, 0.2) is 0 Å². The van der Waals surface area contributed by atoms with Crippen LogP contribution in [0, 0.1) is 0 Å². The molecule has 2 aromatic rings. The van der Waals surface area contributed by atoms with Crippen LogP contribution in [0.3, 0.4) is 0 Å². The van der Waals surface area contributed by atoms with Gasteiger partial charge < -0.3 is 9.73 Å². The molecule has 4 nitrogen and oxygen atoms in total. The van der Waals surface area contributed by atoms with Crippen LogP contribution in [0.15, 0.2) is 33.6 Å². The average molecular weight is 287 g/mol. The first-order chi connectivity index (χ1) is 9.88. The number of rotatable bonds is 5. The smallest absolute Gasteiger partial charge is 0.230 e. The van der Waals surface area contributed by atoms with Crippen LogP contribution in [0.2, 0.25) is 0 Å². The highest BCUT2D eigenvalue weighted by Gasteiger charge is 2.28. The first kappa shape index (κ1) is 12.4. The number of fused-ring (bicyclic) bond motifs is 1. The lowest BCUT2D eigenvalue weighted by Gasteiger charge is -2.01. The highest BCUT2D eigenvalue weighted by Crippen LogP contribution is 2.45. The molecule has 1 N–H and O–H groups in total. The summed E-state index contributed by atoms with van der Waals surface area (Å²) in [5.41, 5.74) is 1.39. The monoisotopic (exact) mass is 287 g/mol. The van der Waals surface area contributed by atoms with E-state index >= 15 is 0 Å². The molecule has 4 rings (SSSR count). The summed E-state index contributed by atoms with van der Waals surface area (Å²) < 4.78 is 5.82. The van der Waals surface area contributed by atoms with E-state index in [1.807, 2.05) is 11.8 Å². The number of hydrogen-bond donors (Lipinski definition) is 1. The molecule has 2 heterocycles. The molecule has 0 saturated heterocycles. The first-order valence-electron chi connectivity index (χ1n) is 7.19. The minimum atomic E-state index is 0.282. The molecule has 0 amide bonds. The van der Waals surface area contributed by atoms with Crippen LogP contribution >= 0.6 is 11.8 Å². The fraction of sp³-hybridized carbons (Fsp3) is 0.467. The molecule has 1 aromatic heterocycles. The number of aromatic nitrogens is 2. The third-order valence-corrected chi connectivity index (χ3v) is 5.06. The van der Waals surface area contributed by atoms with Gasteiger partial charge in [-0.1, -0.05) is 18.2 Å². The van der Waals surface area contributed by atoms with Crippen LogP contribution in [0.4, 0.5) is 0 Å². The topological polar surface area (TPSA) is 51.0 Å². The van der Waals surface area contributed by atoms with E-state index < -0.39 is 0 Å². The second kappa shape index (κ2) is 5.22. The van der Waals surface area contributed by atoms with Crippen molar-refractivity contribution in [2.24, 2.45) is 0 Å². The molecular weight excluding hydrogens is 270 g/mol. The van der Waals surface area contributed by atoms with E-state index in [-0.39, 0.29) is 5.25 Å². The Labute approximate surface area is 122 Å². The summed E-state index contributed by atoms with van der Waals surface area (Å²) in [5.74, 6) is 1.53. The van der Waals surface area contributed by atoms with Crippen LogP contribution in [-0.4, -0.2) is 22.8 Å². The molecule has 1 saturated carbocycles. The quantitative estimate of drug-likeness (QED) is 0.916. The molecule has 1 aliphatic heterocycles. The van der Waals surface area contributed by atoms with Crippen molar-refractivity contribution in [1.82, 2.24) is 15.5 Å². The molecule has 0 spiro atoms. The summed E-state index contributed by atoms with van der Waals surface area (Å²) in [6.07, 6.45) is 4.44. The lowest BCUT2D eigenvalue weighted by molar-refractivity contribution is 0.441. The number of nitrogens with one attached hydrogen (secondary N) is 1. The summed E-state index contributed by atoms with van der Waals surface area (Å²) in [6.45, 7) is 0.935. The zero-order chi connectivity index (χ0) is 13.4. The fourth-order valence-electron chi connectivity index (χ4n) is 2.49. The van der Waals surface area contributed by atoms with Gasteiger partial charge in [0.1, 0.15) is 0 Å². The highest BCUT2D eigenvalue weighted by molar-refractivity contribution is 7.99. The summed E-state index contributed by atoms with van der Waals surface area (Å²) >= 11 is 1.83. The molecule has 0 bridgehead atoms. The van der Waals surface area contributed by atoms with Crippen LogP contribution in [0.1, 0.15) is 35.4 Å². The van der Waals surface area contributed by atoms with Crippen molar-refractivity contribution < 1.29 is 4.42 Å². The Hall–Kier alpha value is -1.33. The first-order valence-corrected chi connectivity index (χ1v) is 8.07. The van der Waals surface area contributed by atoms with Crippen molar-refractivity contribution in [3.63, 3.8) is 0 Å². The Morgan fingerprint density at radius 3 is 3.00 bits per heavy atom. The van der Waals surface area contributed by atoms with Gasteiger partial charge in [0.05, 0.1) is 5.25 Å². The summed E-state index contributed by atoms with van der Waals surface area (Å²) in [7, 11) is 0. The highest BCUT2D eigenvalue weighted by atomic mass is 32.2. The molecule has 5 heteroatoms. The molecule has 0 radical (unpaired) electrons. The maximum atomic E-state index is 5.82. The van der Waals surface area contributed by atoms with Crippen molar-refractivity contribution in [3.8, 4) is 0 Å². The van der Waals surface area contributed by atoms with Crippen LogP contribution in [0.5, 0.6) is 0 Å². The molecule has 1 atom stereocenters. The third kappa shape index (κ3) is 2.60. The average Bonchev–Trinajstić information content (AvgIpc) is 3.01. The van der Waals surface area contributed by atoms with Gasteiger partial charge in [-0.3, -0.25) is 0 Å². The van der Waals surface area contributed by atoms with Gasteiger partial charge in [-0.25, -0.2) is 0 Å².